The van der Waals surface area contributed by atoms with Gasteiger partial charge in [0.05, 0.1) is 0 Å². The maximum atomic E-state index is 3.84. The molecular formula is C5H10NRe-. The molecule has 0 atom stereocenters. The summed E-state index contributed by atoms with van der Waals surface area (Å²) in [6.07, 6.45) is 0. The van der Waals surface area contributed by atoms with Crippen molar-refractivity contribution in [1.29, 1.82) is 0 Å². The van der Waals surface area contributed by atoms with E-state index in [2.05, 4.69) is 11.9 Å². The zero-order valence-corrected chi connectivity index (χ0v) is 7.46. The van der Waals surface area contributed by atoms with Crippen LogP contribution in [0.15, 0.2) is 12.2 Å². The minimum absolute atomic E-state index is 0. The maximum absolute atomic E-state index is 3.84. The largest absolute Gasteiger partial charge is 0.662 e. The second kappa shape index (κ2) is 6.36. The summed E-state index contributed by atoms with van der Waals surface area (Å²) < 4.78 is 0. The van der Waals surface area contributed by atoms with Gasteiger partial charge < -0.3 is 5.32 Å². The minimum atomic E-state index is 0. The monoisotopic (exact) mass is 271 g/mol. The van der Waals surface area contributed by atoms with Crippen molar-refractivity contribution in [2.75, 3.05) is 13.6 Å². The Morgan fingerprint density at radius 2 is 2.14 bits per heavy atom. The zero-order valence-electron chi connectivity index (χ0n) is 4.74. The van der Waals surface area contributed by atoms with E-state index >= 15 is 0 Å². The van der Waals surface area contributed by atoms with Gasteiger partial charge in [-0.05, 0) is 6.92 Å². The van der Waals surface area contributed by atoms with Crippen LogP contribution in [0.2, 0.25) is 0 Å². The van der Waals surface area contributed by atoms with Crippen molar-refractivity contribution in [3.05, 3.63) is 17.5 Å². The molecule has 0 spiro atoms. The minimum Gasteiger partial charge on any atom is -0.662 e. The predicted octanol–water partition coefficient (Wildman–Crippen LogP) is 1.56. The number of hydrogen-bond donors (Lipinski definition) is 0. The SMILES string of the molecule is C=C(C)C[N-]C.[Re]. The third kappa shape index (κ3) is 10.7. The molecule has 7 heavy (non-hydrogen) atoms. The Morgan fingerprint density at radius 3 is 2.14 bits per heavy atom. The maximum Gasteiger partial charge on any atom is 0 e. The van der Waals surface area contributed by atoms with Crippen molar-refractivity contribution < 1.29 is 20.4 Å². The first-order valence-electron chi connectivity index (χ1n) is 1.97. The first kappa shape index (κ1) is 10.4. The fourth-order valence-electron chi connectivity index (χ4n) is 0.270. The van der Waals surface area contributed by atoms with E-state index < -0.39 is 0 Å². The number of likely N-dealkylation sites (N-methyl/N-ethyl adjacent to an activating group) is 1. The molecule has 1 nitrogen and oxygen atoms in total. The molecule has 1 radical (unpaired) electrons. The van der Waals surface area contributed by atoms with E-state index in [0.717, 1.165) is 12.1 Å². The van der Waals surface area contributed by atoms with E-state index in [0.29, 0.717) is 0 Å². The van der Waals surface area contributed by atoms with Crippen LogP contribution < -0.4 is 0 Å². The van der Waals surface area contributed by atoms with Crippen LogP contribution in [-0.2, 0) is 20.4 Å². The topological polar surface area (TPSA) is 14.1 Å². The van der Waals surface area contributed by atoms with E-state index in [1.165, 1.54) is 0 Å². The molecule has 0 aromatic carbocycles. The van der Waals surface area contributed by atoms with Gasteiger partial charge in [-0.2, -0.15) is 7.05 Å². The number of hydrogen-bond acceptors (Lipinski definition) is 0. The molecule has 0 heterocycles. The summed E-state index contributed by atoms with van der Waals surface area (Å²) in [4.78, 5) is 0. The molecule has 0 unspecified atom stereocenters. The molecule has 0 saturated heterocycles. The van der Waals surface area contributed by atoms with E-state index in [-0.39, 0.29) is 20.4 Å². The summed E-state index contributed by atoms with van der Waals surface area (Å²) in [5.74, 6) is 0. The number of nitrogens with zero attached hydrogens (tertiary/aromatic N) is 1. The third-order valence-electron chi connectivity index (χ3n) is 0.428. The molecule has 0 aromatic heterocycles. The van der Waals surface area contributed by atoms with Crippen molar-refractivity contribution in [1.82, 2.24) is 0 Å². The normalized spacial score (nSPS) is 7.14. The molecule has 0 N–H and O–H groups in total. The standard InChI is InChI=1S/C5H10N.Re/c1-5(2)4-6-3;/h1,4H2,2-3H3;/q-1;. The quantitative estimate of drug-likeness (QED) is 0.676. The molecule has 2 heteroatoms. The fourth-order valence-corrected chi connectivity index (χ4v) is 0.270. The van der Waals surface area contributed by atoms with Crippen LogP contribution >= 0.6 is 0 Å². The van der Waals surface area contributed by atoms with Crippen molar-refractivity contribution in [3.8, 4) is 0 Å². The van der Waals surface area contributed by atoms with Crippen LogP contribution in [0.3, 0.4) is 0 Å². The smallest absolute Gasteiger partial charge is 0 e. The van der Waals surface area contributed by atoms with Gasteiger partial charge in [0, 0.05) is 20.4 Å². The first-order chi connectivity index (χ1) is 2.77. The molecule has 0 rings (SSSR count). The van der Waals surface area contributed by atoms with Gasteiger partial charge in [-0.25, -0.2) is 0 Å². The van der Waals surface area contributed by atoms with E-state index in [1.807, 2.05) is 6.92 Å². The van der Waals surface area contributed by atoms with Gasteiger partial charge in [-0.1, -0.05) is 0 Å². The molecule has 0 bridgehead atoms. The molecule has 43 valence electrons. The molecular weight excluding hydrogens is 260 g/mol. The third-order valence-corrected chi connectivity index (χ3v) is 0.428. The zero-order chi connectivity index (χ0) is 4.99. The number of rotatable bonds is 2. The Hall–Kier alpha value is 0.362. The summed E-state index contributed by atoms with van der Waals surface area (Å²) >= 11 is 0. The van der Waals surface area contributed by atoms with Crippen molar-refractivity contribution >= 4 is 0 Å². The van der Waals surface area contributed by atoms with Crippen molar-refractivity contribution in [3.63, 3.8) is 0 Å². The van der Waals surface area contributed by atoms with E-state index in [1.54, 1.807) is 7.05 Å². The van der Waals surface area contributed by atoms with Crippen LogP contribution in [0.4, 0.5) is 0 Å². The second-order valence-electron chi connectivity index (χ2n) is 1.43. The van der Waals surface area contributed by atoms with Gasteiger partial charge >= 0.3 is 0 Å². The Balaban J connectivity index is 0. The van der Waals surface area contributed by atoms with Crippen molar-refractivity contribution in [2.24, 2.45) is 0 Å². The van der Waals surface area contributed by atoms with Gasteiger partial charge in [0.25, 0.3) is 0 Å². The van der Waals surface area contributed by atoms with Crippen LogP contribution in [0.5, 0.6) is 0 Å². The predicted molar refractivity (Wildman–Crippen MR) is 29.0 cm³/mol. The Labute approximate surface area is 58.8 Å². The fraction of sp³-hybridized carbons (Fsp3) is 0.600. The summed E-state index contributed by atoms with van der Waals surface area (Å²) in [6, 6.07) is 0. The molecule has 0 aliphatic carbocycles. The Morgan fingerprint density at radius 1 is 1.71 bits per heavy atom. The van der Waals surface area contributed by atoms with Gasteiger partial charge in [0.15, 0.2) is 0 Å². The molecule has 0 aliphatic rings. The van der Waals surface area contributed by atoms with E-state index in [9.17, 15) is 0 Å². The average molecular weight is 270 g/mol. The van der Waals surface area contributed by atoms with Crippen LogP contribution in [0, 0.1) is 0 Å². The molecule has 0 aliphatic heterocycles. The summed E-state index contributed by atoms with van der Waals surface area (Å²) in [5, 5.41) is 3.84. The van der Waals surface area contributed by atoms with Gasteiger partial charge in [0.1, 0.15) is 0 Å². The summed E-state index contributed by atoms with van der Waals surface area (Å²) in [6.45, 7) is 6.42. The molecule has 0 saturated carbocycles. The first-order valence-corrected chi connectivity index (χ1v) is 1.97. The van der Waals surface area contributed by atoms with Crippen LogP contribution in [-0.4, -0.2) is 13.6 Å². The summed E-state index contributed by atoms with van der Waals surface area (Å²) in [7, 11) is 1.79. The second-order valence-corrected chi connectivity index (χ2v) is 1.43. The van der Waals surface area contributed by atoms with Gasteiger partial charge in [0.2, 0.25) is 0 Å². The molecule has 0 fully saturated rings. The Kier molecular flexibility index (Phi) is 9.42. The van der Waals surface area contributed by atoms with E-state index in [4.69, 9.17) is 0 Å². The molecule has 0 aromatic rings. The van der Waals surface area contributed by atoms with Gasteiger partial charge in [-0.3, -0.25) is 0 Å². The van der Waals surface area contributed by atoms with Crippen LogP contribution in [0.1, 0.15) is 6.92 Å². The Bertz CT molecular complexity index is 52.0. The van der Waals surface area contributed by atoms with Gasteiger partial charge in [-0.15, -0.1) is 18.7 Å². The average Bonchev–Trinajstić information content (AvgIpc) is 1.35. The summed E-state index contributed by atoms with van der Waals surface area (Å²) in [5.41, 5.74) is 1.12. The molecule has 0 amide bonds. The van der Waals surface area contributed by atoms with Crippen molar-refractivity contribution in [2.45, 2.75) is 6.92 Å². The van der Waals surface area contributed by atoms with Crippen LogP contribution in [0.25, 0.3) is 5.32 Å².